The number of nitrogens with zero attached hydrogens (tertiary/aromatic N) is 3. The standard InChI is InChI=1S/C22H22F4N4O4/c1-11-7-5-6-8-16(11)27-20(32)14-9-15(23)17(10-18(14)34-13(3)22(24,25)26)30-21(33)29(4)19(28-30)12(2)31/h5-10,12-13,31H,1-4H3,(H,27,32)/t12-,13-/m0/s1. The first-order valence-corrected chi connectivity index (χ1v) is 10.1. The van der Waals surface area contributed by atoms with Gasteiger partial charge in [-0.3, -0.25) is 9.36 Å². The number of amides is 1. The number of hydrogen-bond donors (Lipinski definition) is 2. The summed E-state index contributed by atoms with van der Waals surface area (Å²) in [5.41, 5.74) is -0.884. The molecular formula is C22H22F4N4O4. The van der Waals surface area contributed by atoms with Crippen molar-refractivity contribution in [2.75, 3.05) is 5.32 Å². The lowest BCUT2D eigenvalue weighted by atomic mass is 10.1. The van der Waals surface area contributed by atoms with Crippen LogP contribution in [0.2, 0.25) is 0 Å². The first-order valence-electron chi connectivity index (χ1n) is 10.1. The first-order chi connectivity index (χ1) is 15.8. The number of aliphatic hydroxyl groups is 1. The summed E-state index contributed by atoms with van der Waals surface area (Å²) in [4.78, 5) is 25.4. The average molecular weight is 482 g/mol. The smallest absolute Gasteiger partial charge is 0.425 e. The predicted molar refractivity (Wildman–Crippen MR) is 115 cm³/mol. The fourth-order valence-electron chi connectivity index (χ4n) is 3.11. The predicted octanol–water partition coefficient (Wildman–Crippen LogP) is 3.65. The zero-order valence-electron chi connectivity index (χ0n) is 18.6. The lowest BCUT2D eigenvalue weighted by molar-refractivity contribution is -0.189. The lowest BCUT2D eigenvalue weighted by Gasteiger charge is -2.20. The quantitative estimate of drug-likeness (QED) is 0.523. The molecule has 0 saturated heterocycles. The maximum Gasteiger partial charge on any atom is 0.425 e. The molecule has 34 heavy (non-hydrogen) atoms. The summed E-state index contributed by atoms with van der Waals surface area (Å²) in [5, 5.41) is 16.1. The van der Waals surface area contributed by atoms with Gasteiger partial charge in [-0.2, -0.15) is 17.9 Å². The van der Waals surface area contributed by atoms with E-state index in [1.54, 1.807) is 31.2 Å². The highest BCUT2D eigenvalue weighted by atomic mass is 19.4. The van der Waals surface area contributed by atoms with Crippen molar-refractivity contribution in [1.82, 2.24) is 14.3 Å². The fourth-order valence-corrected chi connectivity index (χ4v) is 3.11. The van der Waals surface area contributed by atoms with Crippen molar-refractivity contribution in [2.24, 2.45) is 7.05 Å². The van der Waals surface area contributed by atoms with Crippen LogP contribution in [-0.2, 0) is 7.05 Å². The number of anilines is 1. The number of halogens is 4. The van der Waals surface area contributed by atoms with E-state index in [1.165, 1.54) is 14.0 Å². The van der Waals surface area contributed by atoms with Gasteiger partial charge in [-0.05, 0) is 38.5 Å². The van der Waals surface area contributed by atoms with Crippen molar-refractivity contribution in [3.05, 3.63) is 69.7 Å². The Morgan fingerprint density at radius 2 is 1.85 bits per heavy atom. The Morgan fingerprint density at radius 1 is 1.21 bits per heavy atom. The number of rotatable bonds is 6. The van der Waals surface area contributed by atoms with Crippen LogP contribution in [0.5, 0.6) is 5.75 Å². The Bertz CT molecular complexity index is 1280. The molecule has 0 saturated carbocycles. The summed E-state index contributed by atoms with van der Waals surface area (Å²) in [6.45, 7) is 3.77. The Labute approximate surface area is 191 Å². The van der Waals surface area contributed by atoms with E-state index in [4.69, 9.17) is 4.74 Å². The van der Waals surface area contributed by atoms with Crippen LogP contribution in [0.3, 0.4) is 0 Å². The van der Waals surface area contributed by atoms with Crippen molar-refractivity contribution in [1.29, 1.82) is 0 Å². The highest BCUT2D eigenvalue weighted by Crippen LogP contribution is 2.31. The summed E-state index contributed by atoms with van der Waals surface area (Å²) >= 11 is 0. The van der Waals surface area contributed by atoms with Gasteiger partial charge in [0, 0.05) is 18.8 Å². The normalized spacial score (nSPS) is 13.4. The highest BCUT2D eigenvalue weighted by molar-refractivity contribution is 6.06. The Hall–Kier alpha value is -3.67. The van der Waals surface area contributed by atoms with Crippen LogP contribution in [0.1, 0.15) is 41.7 Å². The molecule has 1 heterocycles. The van der Waals surface area contributed by atoms with Gasteiger partial charge in [-0.1, -0.05) is 18.2 Å². The van der Waals surface area contributed by atoms with Crippen molar-refractivity contribution in [3.63, 3.8) is 0 Å². The van der Waals surface area contributed by atoms with E-state index in [0.717, 1.165) is 17.6 Å². The fraction of sp³-hybridized carbons (Fsp3) is 0.318. The third kappa shape index (κ3) is 4.96. The van der Waals surface area contributed by atoms with Crippen LogP contribution in [0.15, 0.2) is 41.2 Å². The molecule has 0 aliphatic carbocycles. The molecule has 0 aliphatic heterocycles. The van der Waals surface area contributed by atoms with Gasteiger partial charge in [-0.15, -0.1) is 5.10 Å². The molecule has 1 amide bonds. The van der Waals surface area contributed by atoms with E-state index in [2.05, 4.69) is 10.4 Å². The van der Waals surface area contributed by atoms with Crippen LogP contribution >= 0.6 is 0 Å². The maximum atomic E-state index is 15.1. The number of aliphatic hydroxyl groups excluding tert-OH is 1. The minimum atomic E-state index is -4.78. The van der Waals surface area contributed by atoms with E-state index < -0.39 is 52.8 Å². The highest BCUT2D eigenvalue weighted by Gasteiger charge is 2.39. The summed E-state index contributed by atoms with van der Waals surface area (Å²) < 4.78 is 61.1. The number of carbonyl (C=O) groups excluding carboxylic acids is 1. The molecule has 1 aromatic heterocycles. The minimum Gasteiger partial charge on any atom is -0.480 e. The van der Waals surface area contributed by atoms with Gasteiger partial charge >= 0.3 is 11.9 Å². The van der Waals surface area contributed by atoms with Gasteiger partial charge in [0.15, 0.2) is 11.9 Å². The van der Waals surface area contributed by atoms with Gasteiger partial charge < -0.3 is 15.2 Å². The molecule has 12 heteroatoms. The van der Waals surface area contributed by atoms with E-state index >= 15 is 4.39 Å². The van der Waals surface area contributed by atoms with Gasteiger partial charge in [-0.25, -0.2) is 9.18 Å². The van der Waals surface area contributed by atoms with Crippen LogP contribution in [-0.4, -0.2) is 37.6 Å². The summed E-state index contributed by atoms with van der Waals surface area (Å²) in [5.74, 6) is -2.73. The number of ether oxygens (including phenoxy) is 1. The zero-order valence-corrected chi connectivity index (χ0v) is 18.6. The summed E-state index contributed by atoms with van der Waals surface area (Å²) in [7, 11) is 1.29. The van der Waals surface area contributed by atoms with Crippen molar-refractivity contribution < 1.29 is 32.2 Å². The number of hydrogen-bond acceptors (Lipinski definition) is 5. The number of nitrogens with one attached hydrogen (secondary N) is 1. The minimum absolute atomic E-state index is 0.100. The van der Waals surface area contributed by atoms with Crippen LogP contribution in [0, 0.1) is 12.7 Å². The summed E-state index contributed by atoms with van der Waals surface area (Å²) in [6, 6.07) is 8.11. The molecule has 0 unspecified atom stereocenters. The maximum absolute atomic E-state index is 15.1. The molecular weight excluding hydrogens is 460 g/mol. The van der Waals surface area contributed by atoms with E-state index in [0.29, 0.717) is 22.0 Å². The summed E-state index contributed by atoms with van der Waals surface area (Å²) in [6.07, 6.45) is -8.30. The molecule has 8 nitrogen and oxygen atoms in total. The Kier molecular flexibility index (Phi) is 6.82. The third-order valence-electron chi connectivity index (χ3n) is 5.07. The molecule has 0 radical (unpaired) electrons. The Balaban J connectivity index is 2.14. The molecule has 2 aromatic carbocycles. The number of para-hydroxylation sites is 1. The van der Waals surface area contributed by atoms with Crippen molar-refractivity contribution >= 4 is 11.6 Å². The van der Waals surface area contributed by atoms with Crippen molar-refractivity contribution in [3.8, 4) is 11.4 Å². The van der Waals surface area contributed by atoms with Crippen LogP contribution in [0.25, 0.3) is 5.69 Å². The second-order valence-corrected chi connectivity index (χ2v) is 7.66. The second kappa shape index (κ2) is 9.29. The number of aromatic nitrogens is 3. The monoisotopic (exact) mass is 482 g/mol. The molecule has 0 aliphatic rings. The number of alkyl halides is 3. The molecule has 3 aromatic rings. The zero-order chi connectivity index (χ0) is 25.4. The van der Waals surface area contributed by atoms with Gasteiger partial charge in [0.2, 0.25) is 0 Å². The number of aryl methyl sites for hydroxylation is 1. The number of benzene rings is 2. The molecule has 0 bridgehead atoms. The average Bonchev–Trinajstić information content (AvgIpc) is 3.04. The largest absolute Gasteiger partial charge is 0.480 e. The third-order valence-corrected chi connectivity index (χ3v) is 5.07. The second-order valence-electron chi connectivity index (χ2n) is 7.66. The molecule has 0 fully saturated rings. The van der Waals surface area contributed by atoms with Gasteiger partial charge in [0.05, 0.1) is 5.56 Å². The molecule has 2 atom stereocenters. The van der Waals surface area contributed by atoms with Crippen LogP contribution in [0.4, 0.5) is 23.2 Å². The molecule has 3 rings (SSSR count). The van der Waals surface area contributed by atoms with E-state index in [-0.39, 0.29) is 5.82 Å². The van der Waals surface area contributed by atoms with E-state index in [9.17, 15) is 27.9 Å². The lowest BCUT2D eigenvalue weighted by Crippen LogP contribution is -2.32. The van der Waals surface area contributed by atoms with E-state index in [1.807, 2.05) is 0 Å². The Morgan fingerprint density at radius 3 is 2.41 bits per heavy atom. The van der Waals surface area contributed by atoms with Gasteiger partial charge in [0.25, 0.3) is 5.91 Å². The topological polar surface area (TPSA) is 98.4 Å². The molecule has 0 spiro atoms. The number of carbonyl (C=O) groups is 1. The van der Waals surface area contributed by atoms with Crippen molar-refractivity contribution in [2.45, 2.75) is 39.2 Å². The molecule has 2 N–H and O–H groups in total. The first kappa shape index (κ1) is 25.0. The SMILES string of the molecule is Cc1ccccc1NC(=O)c1cc(F)c(-n2nc([C@H](C)O)n(C)c2=O)cc1O[C@@H](C)C(F)(F)F. The van der Waals surface area contributed by atoms with Crippen LogP contribution < -0.4 is 15.7 Å². The molecule has 182 valence electrons. The van der Waals surface area contributed by atoms with Gasteiger partial charge in [0.1, 0.15) is 23.4 Å².